The van der Waals surface area contributed by atoms with Gasteiger partial charge in [-0.3, -0.25) is 0 Å². The first-order valence-electron chi connectivity index (χ1n) is 15.0. The van der Waals surface area contributed by atoms with E-state index in [1.165, 1.54) is 16.3 Å². The van der Waals surface area contributed by atoms with Gasteiger partial charge in [0.15, 0.2) is 0 Å². The third-order valence-electron chi connectivity index (χ3n) is 8.34. The van der Waals surface area contributed by atoms with E-state index in [2.05, 4.69) is 175 Å². The van der Waals surface area contributed by atoms with E-state index in [1.54, 1.807) is 7.11 Å². The van der Waals surface area contributed by atoms with Gasteiger partial charge in [-0.05, 0) is 57.7 Å². The summed E-state index contributed by atoms with van der Waals surface area (Å²) in [5.41, 5.74) is 11.3. The van der Waals surface area contributed by atoms with Gasteiger partial charge in [-0.1, -0.05) is 140 Å². The van der Waals surface area contributed by atoms with Gasteiger partial charge < -0.3 is 9.30 Å². The number of rotatable bonds is 7. The fraction of sp³-hybridized carbons (Fsp3) is 0.0476. The third-order valence-corrected chi connectivity index (χ3v) is 8.34. The number of hydrogen-bond acceptors (Lipinski definition) is 1. The molecule has 6 aromatic carbocycles. The first-order valence-corrected chi connectivity index (χ1v) is 15.0. The van der Waals surface area contributed by atoms with Gasteiger partial charge in [0.05, 0.1) is 12.6 Å². The van der Waals surface area contributed by atoms with E-state index in [-0.39, 0.29) is 0 Å². The summed E-state index contributed by atoms with van der Waals surface area (Å²) in [4.78, 5) is 0. The Balaban J connectivity index is 1.60. The molecular formula is C42H33NO. The van der Waals surface area contributed by atoms with E-state index in [9.17, 15) is 0 Å². The molecule has 0 atom stereocenters. The third kappa shape index (κ3) is 5.01. The fourth-order valence-corrected chi connectivity index (χ4v) is 6.28. The maximum Gasteiger partial charge on any atom is 0.135 e. The van der Waals surface area contributed by atoms with Crippen molar-refractivity contribution in [2.24, 2.45) is 7.05 Å². The van der Waals surface area contributed by atoms with Crippen LogP contribution in [-0.4, -0.2) is 11.7 Å². The first-order chi connectivity index (χ1) is 21.7. The summed E-state index contributed by atoms with van der Waals surface area (Å²) in [5, 5.41) is 2.42. The molecule has 0 N–H and O–H groups in total. The number of benzene rings is 6. The lowest BCUT2D eigenvalue weighted by Gasteiger charge is -2.17. The number of aryl methyl sites for hydroxylation is 1. The Kier molecular flexibility index (Phi) is 7.40. The van der Waals surface area contributed by atoms with Crippen LogP contribution in [0.15, 0.2) is 152 Å². The molecule has 212 valence electrons. The predicted octanol–water partition coefficient (Wildman–Crippen LogP) is 10.5. The van der Waals surface area contributed by atoms with Crippen LogP contribution < -0.4 is 4.74 Å². The second-order valence-corrected chi connectivity index (χ2v) is 11.0. The standard InChI is InChI=1S/C42H33NO/c1-43-40-26-16-15-25-35(40)38-28-34(27-36(30-17-7-3-8-18-30)31-19-9-4-10-20-31)42(44-2)39(41(38)43)29-37(32-21-11-5-12-22-32)33-23-13-6-14-24-33/h3-29H,1-2H3. The highest BCUT2D eigenvalue weighted by Crippen LogP contribution is 2.42. The Bertz CT molecular complexity index is 2040. The summed E-state index contributed by atoms with van der Waals surface area (Å²) < 4.78 is 8.68. The molecule has 2 nitrogen and oxygen atoms in total. The van der Waals surface area contributed by atoms with Crippen molar-refractivity contribution in [1.29, 1.82) is 0 Å². The zero-order valence-corrected chi connectivity index (χ0v) is 24.9. The molecule has 0 aliphatic rings. The monoisotopic (exact) mass is 567 g/mol. The van der Waals surface area contributed by atoms with Crippen molar-refractivity contribution < 1.29 is 4.74 Å². The molecule has 0 bridgehead atoms. The van der Waals surface area contributed by atoms with Crippen LogP contribution in [0.1, 0.15) is 33.4 Å². The average molecular weight is 568 g/mol. The molecule has 0 saturated heterocycles. The molecular weight excluding hydrogens is 534 g/mol. The van der Waals surface area contributed by atoms with E-state index in [0.29, 0.717) is 0 Å². The van der Waals surface area contributed by atoms with E-state index < -0.39 is 0 Å². The lowest BCUT2D eigenvalue weighted by atomic mass is 9.91. The summed E-state index contributed by atoms with van der Waals surface area (Å²) in [7, 11) is 3.94. The number of fused-ring (bicyclic) bond motifs is 3. The molecule has 1 heterocycles. The second-order valence-electron chi connectivity index (χ2n) is 11.0. The molecule has 0 spiro atoms. The van der Waals surface area contributed by atoms with Crippen LogP contribution in [0.4, 0.5) is 0 Å². The van der Waals surface area contributed by atoms with Gasteiger partial charge >= 0.3 is 0 Å². The number of para-hydroxylation sites is 1. The Morgan fingerprint density at radius 3 is 1.43 bits per heavy atom. The average Bonchev–Trinajstić information content (AvgIpc) is 3.38. The number of aromatic nitrogens is 1. The number of nitrogens with zero attached hydrogens (tertiary/aromatic N) is 1. The molecule has 7 aromatic rings. The molecule has 44 heavy (non-hydrogen) atoms. The van der Waals surface area contributed by atoms with Gasteiger partial charge in [-0.25, -0.2) is 0 Å². The predicted molar refractivity (Wildman–Crippen MR) is 187 cm³/mol. The summed E-state index contributed by atoms with van der Waals surface area (Å²) in [5.74, 6) is 0.845. The van der Waals surface area contributed by atoms with Crippen molar-refractivity contribution >= 4 is 45.1 Å². The SMILES string of the molecule is COc1c(C=C(c2ccccc2)c2ccccc2)cc2c3ccccc3n(C)c2c1C=C(c1ccccc1)c1ccccc1. The molecule has 2 heteroatoms. The van der Waals surface area contributed by atoms with E-state index in [4.69, 9.17) is 4.74 Å². The summed E-state index contributed by atoms with van der Waals surface area (Å²) in [6.07, 6.45) is 4.60. The van der Waals surface area contributed by atoms with Gasteiger partial charge in [0.2, 0.25) is 0 Å². The topological polar surface area (TPSA) is 14.2 Å². The molecule has 0 amide bonds. The zero-order valence-electron chi connectivity index (χ0n) is 24.9. The van der Waals surface area contributed by atoms with Gasteiger partial charge in [0.25, 0.3) is 0 Å². The first kappa shape index (κ1) is 27.2. The van der Waals surface area contributed by atoms with Crippen molar-refractivity contribution in [2.45, 2.75) is 0 Å². The van der Waals surface area contributed by atoms with E-state index in [1.807, 2.05) is 0 Å². The van der Waals surface area contributed by atoms with Crippen molar-refractivity contribution in [3.05, 3.63) is 185 Å². The molecule has 1 aromatic heterocycles. The minimum atomic E-state index is 0.845. The van der Waals surface area contributed by atoms with Crippen LogP contribution in [0.5, 0.6) is 5.75 Å². The van der Waals surface area contributed by atoms with Crippen LogP contribution >= 0.6 is 0 Å². The second kappa shape index (κ2) is 11.9. The number of hydrogen-bond donors (Lipinski definition) is 0. The van der Waals surface area contributed by atoms with Crippen molar-refractivity contribution in [1.82, 2.24) is 4.57 Å². The fourth-order valence-electron chi connectivity index (χ4n) is 6.28. The normalized spacial score (nSPS) is 11.0. The van der Waals surface area contributed by atoms with Crippen LogP contribution in [0.3, 0.4) is 0 Å². The molecule has 0 radical (unpaired) electrons. The molecule has 0 unspecified atom stereocenters. The highest BCUT2D eigenvalue weighted by Gasteiger charge is 2.20. The maximum atomic E-state index is 6.38. The summed E-state index contributed by atoms with van der Waals surface area (Å²) >= 11 is 0. The number of methoxy groups -OCH3 is 1. The van der Waals surface area contributed by atoms with Gasteiger partial charge in [0.1, 0.15) is 5.75 Å². The summed E-state index contributed by atoms with van der Waals surface area (Å²) in [6, 6.07) is 53.4. The molecule has 7 rings (SSSR count). The van der Waals surface area contributed by atoms with E-state index >= 15 is 0 Å². The Hall–Kier alpha value is -5.60. The van der Waals surface area contributed by atoms with Crippen molar-refractivity contribution in [3.8, 4) is 5.75 Å². The Morgan fingerprint density at radius 2 is 0.955 bits per heavy atom. The van der Waals surface area contributed by atoms with E-state index in [0.717, 1.165) is 55.8 Å². The van der Waals surface area contributed by atoms with Crippen LogP contribution in [-0.2, 0) is 7.05 Å². The number of ether oxygens (including phenoxy) is 1. The minimum absolute atomic E-state index is 0.845. The molecule has 0 saturated carbocycles. The van der Waals surface area contributed by atoms with Gasteiger partial charge in [-0.2, -0.15) is 0 Å². The largest absolute Gasteiger partial charge is 0.495 e. The molecule has 0 aliphatic carbocycles. The van der Waals surface area contributed by atoms with Crippen molar-refractivity contribution in [2.75, 3.05) is 7.11 Å². The van der Waals surface area contributed by atoms with Gasteiger partial charge in [-0.15, -0.1) is 0 Å². The Morgan fingerprint density at radius 1 is 0.523 bits per heavy atom. The molecule has 0 aliphatic heterocycles. The van der Waals surface area contributed by atoms with Gasteiger partial charge in [0, 0.05) is 34.5 Å². The lowest BCUT2D eigenvalue weighted by molar-refractivity contribution is 0.413. The highest BCUT2D eigenvalue weighted by atomic mass is 16.5. The smallest absolute Gasteiger partial charge is 0.135 e. The quantitative estimate of drug-likeness (QED) is 0.175. The van der Waals surface area contributed by atoms with Crippen LogP contribution in [0.25, 0.3) is 45.1 Å². The zero-order chi connectivity index (χ0) is 29.9. The van der Waals surface area contributed by atoms with Crippen molar-refractivity contribution in [3.63, 3.8) is 0 Å². The summed E-state index contributed by atoms with van der Waals surface area (Å²) in [6.45, 7) is 0. The minimum Gasteiger partial charge on any atom is -0.495 e. The van der Waals surface area contributed by atoms with Crippen LogP contribution in [0.2, 0.25) is 0 Å². The Labute approximate surface area is 258 Å². The maximum absolute atomic E-state index is 6.38. The van der Waals surface area contributed by atoms with Crippen LogP contribution in [0, 0.1) is 0 Å². The highest BCUT2D eigenvalue weighted by molar-refractivity contribution is 6.14. The molecule has 0 fully saturated rings. The lowest BCUT2D eigenvalue weighted by Crippen LogP contribution is -1.98.